The molecule has 5 nitrogen and oxygen atoms in total. The van der Waals surface area contributed by atoms with Crippen molar-refractivity contribution in [3.63, 3.8) is 0 Å². The molecular weight excluding hydrogens is 615 g/mol. The quantitative estimate of drug-likeness (QED) is 0.187. The van der Waals surface area contributed by atoms with Crippen LogP contribution in [0.25, 0.3) is 100 Å². The van der Waals surface area contributed by atoms with Gasteiger partial charge in [-0.2, -0.15) is 0 Å². The summed E-state index contributed by atoms with van der Waals surface area (Å²) in [5.74, 6) is 1.73. The van der Waals surface area contributed by atoms with Gasteiger partial charge >= 0.3 is 0 Å². The smallest absolute Gasteiger partial charge is 0.165 e. The first-order valence-electron chi connectivity index (χ1n) is 16.6. The Morgan fingerprint density at radius 3 is 1.54 bits per heavy atom. The Hall–Kier alpha value is -6.85. The van der Waals surface area contributed by atoms with E-state index >= 15 is 0 Å². The standard InChI is InChI=1S/C45H27N3O2/c1-3-12-28(13-4-1)29-22-24-30(25-23-29)32-26-27-39-41(34-17-8-10-20-37(34)50-39)42(32)45-47-43(31-14-5-2-6-15-31)46-44(48-45)35-18-11-21-38-40(35)33-16-7-9-19-36(33)49-38/h1-27H. The molecule has 0 N–H and O–H groups in total. The number of aromatic nitrogens is 3. The second-order valence-electron chi connectivity index (χ2n) is 12.4. The Morgan fingerprint density at radius 1 is 0.300 bits per heavy atom. The first-order valence-corrected chi connectivity index (χ1v) is 16.6. The van der Waals surface area contributed by atoms with Gasteiger partial charge in [0.05, 0.1) is 0 Å². The molecule has 0 fully saturated rings. The van der Waals surface area contributed by atoms with Crippen molar-refractivity contribution in [2.24, 2.45) is 0 Å². The summed E-state index contributed by atoms with van der Waals surface area (Å²) in [4.78, 5) is 15.7. The van der Waals surface area contributed by atoms with Crippen LogP contribution >= 0.6 is 0 Å². The molecule has 10 aromatic rings. The van der Waals surface area contributed by atoms with Gasteiger partial charge in [0, 0.05) is 38.2 Å². The molecule has 0 spiro atoms. The molecule has 0 bridgehead atoms. The zero-order chi connectivity index (χ0) is 33.0. The Morgan fingerprint density at radius 2 is 0.820 bits per heavy atom. The average molecular weight is 642 g/mol. The molecule has 0 aliphatic rings. The van der Waals surface area contributed by atoms with E-state index in [1.807, 2.05) is 84.9 Å². The first-order chi connectivity index (χ1) is 24.8. The van der Waals surface area contributed by atoms with Crippen LogP contribution in [0.2, 0.25) is 0 Å². The summed E-state index contributed by atoms with van der Waals surface area (Å²) < 4.78 is 12.7. The topological polar surface area (TPSA) is 65.0 Å². The maximum Gasteiger partial charge on any atom is 0.165 e. The lowest BCUT2D eigenvalue weighted by Crippen LogP contribution is -2.02. The Bertz CT molecular complexity index is 2850. The maximum absolute atomic E-state index is 6.42. The van der Waals surface area contributed by atoms with Crippen molar-refractivity contribution in [3.05, 3.63) is 164 Å². The van der Waals surface area contributed by atoms with Gasteiger partial charge in [-0.1, -0.05) is 133 Å². The van der Waals surface area contributed by atoms with Crippen molar-refractivity contribution >= 4 is 43.9 Å². The van der Waals surface area contributed by atoms with Gasteiger partial charge in [-0.15, -0.1) is 0 Å². The van der Waals surface area contributed by atoms with E-state index in [0.717, 1.165) is 77.3 Å². The van der Waals surface area contributed by atoms with Crippen LogP contribution in [-0.2, 0) is 0 Å². The molecule has 50 heavy (non-hydrogen) atoms. The Labute approximate surface area is 287 Å². The maximum atomic E-state index is 6.42. The molecule has 3 heterocycles. The molecule has 10 rings (SSSR count). The molecule has 0 aliphatic heterocycles. The van der Waals surface area contributed by atoms with E-state index in [2.05, 4.69) is 78.9 Å². The third kappa shape index (κ3) is 4.60. The van der Waals surface area contributed by atoms with Crippen LogP contribution in [-0.4, -0.2) is 15.0 Å². The summed E-state index contributed by atoms with van der Waals surface area (Å²) in [7, 11) is 0. The predicted molar refractivity (Wildman–Crippen MR) is 202 cm³/mol. The highest BCUT2D eigenvalue weighted by atomic mass is 16.3. The second-order valence-corrected chi connectivity index (χ2v) is 12.4. The molecule has 0 unspecified atom stereocenters. The van der Waals surface area contributed by atoms with Gasteiger partial charge in [0.1, 0.15) is 22.3 Å². The Balaban J connectivity index is 1.28. The molecule has 0 aliphatic carbocycles. The van der Waals surface area contributed by atoms with Gasteiger partial charge in [-0.25, -0.2) is 15.0 Å². The fourth-order valence-electron chi connectivity index (χ4n) is 7.05. The molecule has 0 saturated carbocycles. The number of nitrogens with zero attached hydrogens (tertiary/aromatic N) is 3. The third-order valence-electron chi connectivity index (χ3n) is 9.38. The lowest BCUT2D eigenvalue weighted by molar-refractivity contribution is 0.668. The number of para-hydroxylation sites is 2. The zero-order valence-electron chi connectivity index (χ0n) is 26.7. The molecule has 0 saturated heterocycles. The average Bonchev–Trinajstić information content (AvgIpc) is 3.77. The van der Waals surface area contributed by atoms with E-state index in [1.165, 1.54) is 5.56 Å². The minimum Gasteiger partial charge on any atom is -0.456 e. The van der Waals surface area contributed by atoms with E-state index in [0.29, 0.717) is 17.5 Å². The molecule has 0 radical (unpaired) electrons. The van der Waals surface area contributed by atoms with Crippen molar-refractivity contribution in [1.82, 2.24) is 15.0 Å². The highest BCUT2D eigenvalue weighted by molar-refractivity contribution is 6.16. The van der Waals surface area contributed by atoms with Crippen LogP contribution < -0.4 is 0 Å². The van der Waals surface area contributed by atoms with Crippen LogP contribution in [0.4, 0.5) is 0 Å². The van der Waals surface area contributed by atoms with Crippen LogP contribution in [0.1, 0.15) is 0 Å². The van der Waals surface area contributed by atoms with E-state index in [9.17, 15) is 0 Å². The summed E-state index contributed by atoms with van der Waals surface area (Å²) in [6.45, 7) is 0. The summed E-state index contributed by atoms with van der Waals surface area (Å²) >= 11 is 0. The fourth-order valence-corrected chi connectivity index (χ4v) is 7.05. The third-order valence-corrected chi connectivity index (χ3v) is 9.38. The van der Waals surface area contributed by atoms with Crippen LogP contribution in [0.5, 0.6) is 0 Å². The van der Waals surface area contributed by atoms with Crippen molar-refractivity contribution in [1.29, 1.82) is 0 Å². The largest absolute Gasteiger partial charge is 0.456 e. The van der Waals surface area contributed by atoms with Gasteiger partial charge < -0.3 is 8.83 Å². The van der Waals surface area contributed by atoms with Gasteiger partial charge in [0.2, 0.25) is 0 Å². The minimum atomic E-state index is 0.568. The number of furan rings is 2. The monoisotopic (exact) mass is 641 g/mol. The molecule has 3 aromatic heterocycles. The highest BCUT2D eigenvalue weighted by Gasteiger charge is 2.23. The van der Waals surface area contributed by atoms with Crippen LogP contribution in [0.15, 0.2) is 173 Å². The second kappa shape index (κ2) is 11.4. The van der Waals surface area contributed by atoms with Crippen molar-refractivity contribution in [2.45, 2.75) is 0 Å². The molecule has 5 heteroatoms. The fraction of sp³-hybridized carbons (Fsp3) is 0. The summed E-state index contributed by atoms with van der Waals surface area (Å²) in [5, 5.41) is 3.96. The lowest BCUT2D eigenvalue weighted by Gasteiger charge is -2.14. The van der Waals surface area contributed by atoms with Gasteiger partial charge in [-0.3, -0.25) is 0 Å². The van der Waals surface area contributed by atoms with Gasteiger partial charge in [0.25, 0.3) is 0 Å². The van der Waals surface area contributed by atoms with E-state index < -0.39 is 0 Å². The van der Waals surface area contributed by atoms with Gasteiger partial charge in [0.15, 0.2) is 17.5 Å². The number of rotatable bonds is 5. The first kappa shape index (κ1) is 28.2. The van der Waals surface area contributed by atoms with Crippen molar-refractivity contribution < 1.29 is 8.83 Å². The number of fused-ring (bicyclic) bond motifs is 6. The van der Waals surface area contributed by atoms with Crippen molar-refractivity contribution in [3.8, 4) is 56.4 Å². The summed E-state index contributed by atoms with van der Waals surface area (Å²) in [6.07, 6.45) is 0. The predicted octanol–water partition coefficient (Wildman–Crippen LogP) is 12.0. The molecule has 0 amide bonds. The van der Waals surface area contributed by atoms with Crippen molar-refractivity contribution in [2.75, 3.05) is 0 Å². The zero-order valence-corrected chi connectivity index (χ0v) is 26.7. The lowest BCUT2D eigenvalue weighted by atomic mass is 9.93. The molecular formula is C45H27N3O2. The number of hydrogen-bond donors (Lipinski definition) is 0. The normalized spacial score (nSPS) is 11.6. The van der Waals surface area contributed by atoms with E-state index in [-0.39, 0.29) is 0 Å². The minimum absolute atomic E-state index is 0.568. The summed E-state index contributed by atoms with van der Waals surface area (Å²) in [6, 6.07) is 55.7. The SMILES string of the molecule is c1ccc(-c2ccc(-c3ccc4oc5ccccc5c4c3-c3nc(-c4ccccc4)nc(-c4cccc5oc6ccccc6c45)n3)cc2)cc1. The van der Waals surface area contributed by atoms with E-state index in [4.69, 9.17) is 23.8 Å². The number of benzene rings is 7. The molecule has 0 atom stereocenters. The highest BCUT2D eigenvalue weighted by Crippen LogP contribution is 2.43. The molecule has 7 aromatic carbocycles. The van der Waals surface area contributed by atoms with Crippen LogP contribution in [0, 0.1) is 0 Å². The summed E-state index contributed by atoms with van der Waals surface area (Å²) in [5.41, 5.74) is 10.3. The van der Waals surface area contributed by atoms with E-state index in [1.54, 1.807) is 0 Å². The number of hydrogen-bond acceptors (Lipinski definition) is 5. The molecule has 234 valence electrons. The van der Waals surface area contributed by atoms with Gasteiger partial charge in [-0.05, 0) is 52.6 Å². The Kier molecular flexibility index (Phi) is 6.42. The van der Waals surface area contributed by atoms with Crippen LogP contribution in [0.3, 0.4) is 0 Å².